The number of hydrogen-bond acceptors (Lipinski definition) is 4. The number of allylic oxidation sites excluding steroid dienone is 2. The van der Waals surface area contributed by atoms with Crippen LogP contribution in [-0.4, -0.2) is 47.4 Å². The largest absolute Gasteiger partial charge is 0.490 e. The van der Waals surface area contributed by atoms with E-state index in [2.05, 4.69) is 67.2 Å². The van der Waals surface area contributed by atoms with E-state index in [-0.39, 0.29) is 5.54 Å². The summed E-state index contributed by atoms with van der Waals surface area (Å²) in [6, 6.07) is 9.09. The van der Waals surface area contributed by atoms with Gasteiger partial charge < -0.3 is 14.5 Å². The molecule has 1 atom stereocenters. The topological polar surface area (TPSA) is 32.8 Å². The summed E-state index contributed by atoms with van der Waals surface area (Å²) < 4.78 is 5.79. The molecule has 1 aliphatic carbocycles. The minimum atomic E-state index is 0.197. The lowest BCUT2D eigenvalue weighted by atomic mass is 9.78. The fraction of sp³-hybridized carbons (Fsp3) is 0.542. The lowest BCUT2D eigenvalue weighted by Gasteiger charge is -2.44. The van der Waals surface area contributed by atoms with Crippen LogP contribution in [-0.2, 0) is 11.2 Å². The quantitative estimate of drug-likeness (QED) is 0.713. The maximum absolute atomic E-state index is 11.8. The van der Waals surface area contributed by atoms with E-state index >= 15 is 0 Å². The Hall–Kier alpha value is -2.23. The van der Waals surface area contributed by atoms with Gasteiger partial charge in [0.25, 0.3) is 0 Å². The number of carbonyl (C=O) groups is 1. The molecular formula is C24H32N2O2. The summed E-state index contributed by atoms with van der Waals surface area (Å²) in [7, 11) is 2.20. The first kappa shape index (κ1) is 19.1. The summed E-state index contributed by atoms with van der Waals surface area (Å²) in [4.78, 5) is 16.9. The van der Waals surface area contributed by atoms with Gasteiger partial charge in [0.2, 0.25) is 0 Å². The highest BCUT2D eigenvalue weighted by Gasteiger charge is 2.50. The predicted octanol–water partition coefficient (Wildman–Crippen LogP) is 4.32. The van der Waals surface area contributed by atoms with Crippen molar-refractivity contribution in [3.8, 4) is 5.75 Å². The van der Waals surface area contributed by atoms with Gasteiger partial charge in [-0.25, -0.2) is 0 Å². The molecule has 0 unspecified atom stereocenters. The van der Waals surface area contributed by atoms with E-state index in [1.54, 1.807) is 0 Å². The number of likely N-dealkylation sites (N-methyl/N-ethyl adjacent to an activating group) is 1. The van der Waals surface area contributed by atoms with Gasteiger partial charge in [0.15, 0.2) is 0 Å². The van der Waals surface area contributed by atoms with Crippen LogP contribution < -0.4 is 4.74 Å². The number of Topliss-reactive ketones (excluding diaryl/α,β-unsaturated/α-hetero) is 1. The first-order valence-electron chi connectivity index (χ1n) is 10.5. The van der Waals surface area contributed by atoms with Crippen molar-refractivity contribution in [2.75, 3.05) is 20.2 Å². The second-order valence-corrected chi connectivity index (χ2v) is 8.93. The standard InChI is InChI=1S/C24H32N2O2/c1-18(2)10-13-28-23-6-4-19(5-7-23)14-20-16-25(3)21-15-24(26(20)17-21)11-8-22(27)9-12-24/h4-7,10,16,21H,8-9,11-15,17H2,1-3H3/t21-/m0/s1. The van der Waals surface area contributed by atoms with Crippen LogP contribution in [0.3, 0.4) is 0 Å². The summed E-state index contributed by atoms with van der Waals surface area (Å²) in [5.41, 5.74) is 4.17. The molecule has 0 amide bonds. The predicted molar refractivity (Wildman–Crippen MR) is 112 cm³/mol. The van der Waals surface area contributed by atoms with E-state index in [4.69, 9.17) is 4.74 Å². The zero-order chi connectivity index (χ0) is 19.7. The molecule has 0 N–H and O–H groups in total. The van der Waals surface area contributed by atoms with Crippen molar-refractivity contribution < 1.29 is 9.53 Å². The summed E-state index contributed by atoms with van der Waals surface area (Å²) >= 11 is 0. The van der Waals surface area contributed by atoms with E-state index < -0.39 is 0 Å². The molecule has 1 spiro atoms. The molecule has 0 radical (unpaired) electrons. The Labute approximate surface area is 168 Å². The summed E-state index contributed by atoms with van der Waals surface area (Å²) in [5, 5.41) is 0. The van der Waals surface area contributed by atoms with Gasteiger partial charge in [-0.05, 0) is 56.9 Å². The van der Waals surface area contributed by atoms with Crippen LogP contribution >= 0.6 is 0 Å². The van der Waals surface area contributed by atoms with Crippen molar-refractivity contribution in [3.05, 3.63) is 53.4 Å². The van der Waals surface area contributed by atoms with Crippen molar-refractivity contribution >= 4 is 5.78 Å². The molecule has 4 heteroatoms. The number of hydrogen-bond donors (Lipinski definition) is 0. The van der Waals surface area contributed by atoms with Gasteiger partial charge in [0.1, 0.15) is 18.1 Å². The van der Waals surface area contributed by atoms with E-state index in [1.807, 2.05) is 0 Å². The monoisotopic (exact) mass is 380 g/mol. The molecule has 0 aromatic heterocycles. The number of benzene rings is 1. The zero-order valence-electron chi connectivity index (χ0n) is 17.4. The second kappa shape index (κ2) is 7.65. The normalized spacial score (nSPS) is 23.0. The molecule has 4 rings (SSSR count). The summed E-state index contributed by atoms with van der Waals surface area (Å²) in [5.74, 6) is 1.36. The maximum atomic E-state index is 11.8. The van der Waals surface area contributed by atoms with Gasteiger partial charge >= 0.3 is 0 Å². The first-order valence-corrected chi connectivity index (χ1v) is 10.5. The number of carbonyl (C=O) groups excluding carboxylic acids is 1. The van der Waals surface area contributed by atoms with Crippen LogP contribution in [0.5, 0.6) is 5.75 Å². The van der Waals surface area contributed by atoms with Gasteiger partial charge in [-0.2, -0.15) is 0 Å². The highest BCUT2D eigenvalue weighted by Crippen LogP contribution is 2.46. The number of fused-ring (bicyclic) bond motifs is 3. The average Bonchev–Trinajstić information content (AvgIpc) is 2.99. The van der Waals surface area contributed by atoms with Gasteiger partial charge in [0.05, 0.1) is 0 Å². The summed E-state index contributed by atoms with van der Waals surface area (Å²) in [6.07, 6.45) is 10.1. The van der Waals surface area contributed by atoms with Gasteiger partial charge in [-0.1, -0.05) is 17.7 Å². The van der Waals surface area contributed by atoms with Crippen LogP contribution in [0.4, 0.5) is 0 Å². The van der Waals surface area contributed by atoms with Crippen LogP contribution in [0.15, 0.2) is 47.8 Å². The van der Waals surface area contributed by atoms with E-state index in [0.717, 1.165) is 44.4 Å². The molecule has 1 saturated carbocycles. The lowest BCUT2D eigenvalue weighted by Crippen LogP contribution is -2.47. The van der Waals surface area contributed by atoms with Crippen molar-refractivity contribution in [1.82, 2.24) is 9.80 Å². The molecule has 2 bridgehead atoms. The summed E-state index contributed by atoms with van der Waals surface area (Å²) in [6.45, 7) is 5.88. The Morgan fingerprint density at radius 3 is 2.61 bits per heavy atom. The zero-order valence-corrected chi connectivity index (χ0v) is 17.4. The Morgan fingerprint density at radius 1 is 1.21 bits per heavy atom. The van der Waals surface area contributed by atoms with Gasteiger partial charge in [0, 0.05) is 56.3 Å². The molecule has 28 heavy (non-hydrogen) atoms. The number of ether oxygens (including phenoxy) is 1. The molecule has 3 aliphatic rings. The minimum Gasteiger partial charge on any atom is -0.490 e. The van der Waals surface area contributed by atoms with E-state index in [9.17, 15) is 4.79 Å². The van der Waals surface area contributed by atoms with Crippen molar-refractivity contribution in [3.63, 3.8) is 0 Å². The third-order valence-electron chi connectivity index (χ3n) is 6.65. The minimum absolute atomic E-state index is 0.197. The van der Waals surface area contributed by atoms with Gasteiger partial charge in [-0.3, -0.25) is 4.79 Å². The van der Waals surface area contributed by atoms with Crippen LogP contribution in [0, 0.1) is 0 Å². The van der Waals surface area contributed by atoms with Crippen LogP contribution in [0.25, 0.3) is 0 Å². The highest BCUT2D eigenvalue weighted by molar-refractivity contribution is 5.79. The third kappa shape index (κ3) is 3.82. The molecular weight excluding hydrogens is 348 g/mol. The fourth-order valence-electron chi connectivity index (χ4n) is 4.95. The first-order chi connectivity index (χ1) is 13.4. The lowest BCUT2D eigenvalue weighted by molar-refractivity contribution is -0.122. The molecule has 1 aromatic carbocycles. The van der Waals surface area contributed by atoms with Crippen LogP contribution in [0.1, 0.15) is 51.5 Å². The van der Waals surface area contributed by atoms with Crippen molar-refractivity contribution in [1.29, 1.82) is 0 Å². The fourth-order valence-corrected chi connectivity index (χ4v) is 4.95. The Balaban J connectivity index is 1.46. The molecule has 1 saturated heterocycles. The average molecular weight is 381 g/mol. The second-order valence-electron chi connectivity index (χ2n) is 8.93. The molecule has 150 valence electrons. The molecule has 1 aromatic rings. The smallest absolute Gasteiger partial charge is 0.133 e. The number of rotatable bonds is 5. The molecule has 4 nitrogen and oxygen atoms in total. The Bertz CT molecular complexity index is 779. The SMILES string of the molecule is CC(C)=CCOc1ccc(CC2=CN(C)[C@@H]3CN2C2(CCC(=O)CC2)C3)cc1. The van der Waals surface area contributed by atoms with E-state index in [1.165, 1.54) is 23.3 Å². The van der Waals surface area contributed by atoms with Crippen molar-refractivity contribution in [2.24, 2.45) is 0 Å². The van der Waals surface area contributed by atoms with Gasteiger partial charge in [-0.15, -0.1) is 0 Å². The highest BCUT2D eigenvalue weighted by atomic mass is 16.5. The Kier molecular flexibility index (Phi) is 5.22. The third-order valence-corrected chi connectivity index (χ3v) is 6.65. The van der Waals surface area contributed by atoms with E-state index in [0.29, 0.717) is 18.4 Å². The molecule has 2 fully saturated rings. The van der Waals surface area contributed by atoms with Crippen LogP contribution in [0.2, 0.25) is 0 Å². The molecule has 2 heterocycles. The van der Waals surface area contributed by atoms with Crippen molar-refractivity contribution in [2.45, 2.75) is 64.0 Å². The molecule has 2 aliphatic heterocycles. The number of nitrogens with zero attached hydrogens (tertiary/aromatic N) is 2. The maximum Gasteiger partial charge on any atom is 0.133 e. The number of ketones is 1. The Morgan fingerprint density at radius 2 is 1.93 bits per heavy atom.